The molecular formula is C18H16OS. The summed E-state index contributed by atoms with van der Waals surface area (Å²) in [5.74, 6) is 0.875. The van der Waals surface area contributed by atoms with E-state index < -0.39 is 0 Å². The van der Waals surface area contributed by atoms with E-state index in [1.165, 1.54) is 5.56 Å². The zero-order chi connectivity index (χ0) is 14.1. The number of thiocarbonyl (C=S) groups is 1. The Morgan fingerprint density at radius 1 is 1.10 bits per heavy atom. The van der Waals surface area contributed by atoms with Crippen molar-refractivity contribution in [3.05, 3.63) is 76.9 Å². The van der Waals surface area contributed by atoms with Crippen molar-refractivity contribution in [2.75, 3.05) is 0 Å². The van der Waals surface area contributed by atoms with Crippen LogP contribution in [0, 0.1) is 6.92 Å². The van der Waals surface area contributed by atoms with E-state index in [-0.39, 0.29) is 6.10 Å². The van der Waals surface area contributed by atoms with Crippen LogP contribution in [0.15, 0.2) is 60.2 Å². The Hall–Kier alpha value is -1.93. The van der Waals surface area contributed by atoms with Crippen molar-refractivity contribution in [3.8, 4) is 5.75 Å². The van der Waals surface area contributed by atoms with Crippen LogP contribution in [0.3, 0.4) is 0 Å². The Bertz CT molecular complexity index is 686. The number of allylic oxidation sites excluding steroid dienone is 1. The van der Waals surface area contributed by atoms with Gasteiger partial charge in [-0.2, -0.15) is 0 Å². The Kier molecular flexibility index (Phi) is 3.41. The number of hydrogen-bond donors (Lipinski definition) is 0. The molecule has 1 unspecified atom stereocenters. The van der Waals surface area contributed by atoms with Gasteiger partial charge in [0.25, 0.3) is 0 Å². The van der Waals surface area contributed by atoms with Crippen LogP contribution < -0.4 is 4.74 Å². The quantitative estimate of drug-likeness (QED) is 0.548. The Morgan fingerprint density at radius 2 is 1.85 bits per heavy atom. The molecule has 1 aliphatic heterocycles. The lowest BCUT2D eigenvalue weighted by atomic mass is 9.91. The molecule has 0 saturated heterocycles. The molecule has 0 aromatic heterocycles. The molecule has 1 heterocycles. The van der Waals surface area contributed by atoms with E-state index in [0.717, 1.165) is 27.3 Å². The molecule has 0 aliphatic carbocycles. The highest BCUT2D eigenvalue weighted by Crippen LogP contribution is 2.39. The topological polar surface area (TPSA) is 9.23 Å². The van der Waals surface area contributed by atoms with E-state index in [9.17, 15) is 0 Å². The number of fused-ring (bicyclic) bond motifs is 1. The number of aryl methyl sites for hydroxylation is 1. The molecule has 2 aromatic rings. The lowest BCUT2D eigenvalue weighted by Gasteiger charge is -2.30. The highest BCUT2D eigenvalue weighted by molar-refractivity contribution is 7.81. The summed E-state index contributed by atoms with van der Waals surface area (Å²) < 4.78 is 6.19. The van der Waals surface area contributed by atoms with Crippen molar-refractivity contribution >= 4 is 17.1 Å². The van der Waals surface area contributed by atoms with E-state index in [1.54, 1.807) is 0 Å². The fourth-order valence-electron chi connectivity index (χ4n) is 2.55. The first-order valence-electron chi connectivity index (χ1n) is 6.74. The molecule has 1 nitrogen and oxygen atoms in total. The molecule has 0 N–H and O–H groups in total. The van der Waals surface area contributed by atoms with E-state index in [2.05, 4.69) is 37.3 Å². The van der Waals surface area contributed by atoms with E-state index in [4.69, 9.17) is 17.0 Å². The van der Waals surface area contributed by atoms with Gasteiger partial charge >= 0.3 is 0 Å². The van der Waals surface area contributed by atoms with Gasteiger partial charge in [0.15, 0.2) is 0 Å². The maximum absolute atomic E-state index is 6.19. The maximum Gasteiger partial charge on any atom is 0.150 e. The molecular weight excluding hydrogens is 264 g/mol. The first-order valence-corrected chi connectivity index (χ1v) is 7.14. The summed E-state index contributed by atoms with van der Waals surface area (Å²) in [4.78, 5) is 0.895. The third-order valence-electron chi connectivity index (χ3n) is 3.58. The smallest absolute Gasteiger partial charge is 0.150 e. The van der Waals surface area contributed by atoms with Gasteiger partial charge in [0.2, 0.25) is 0 Å². The molecule has 2 heteroatoms. The summed E-state index contributed by atoms with van der Waals surface area (Å²) in [6.07, 6.45) is 1.95. The number of ether oxygens (including phenoxy) is 1. The molecule has 1 atom stereocenters. The second-order valence-corrected chi connectivity index (χ2v) is 5.39. The predicted molar refractivity (Wildman–Crippen MR) is 86.4 cm³/mol. The van der Waals surface area contributed by atoms with Gasteiger partial charge in [-0.1, -0.05) is 60.3 Å². The van der Waals surface area contributed by atoms with Gasteiger partial charge in [-0.3, -0.25) is 0 Å². The zero-order valence-corrected chi connectivity index (χ0v) is 12.4. The molecule has 100 valence electrons. The maximum atomic E-state index is 6.19. The third-order valence-corrected chi connectivity index (χ3v) is 4.04. The fourth-order valence-corrected chi connectivity index (χ4v) is 2.93. The molecule has 0 spiro atoms. The minimum absolute atomic E-state index is 0.107. The zero-order valence-electron chi connectivity index (χ0n) is 11.6. The van der Waals surface area contributed by atoms with Gasteiger partial charge in [0.1, 0.15) is 11.9 Å². The van der Waals surface area contributed by atoms with Crippen molar-refractivity contribution in [3.63, 3.8) is 0 Å². The molecule has 0 bridgehead atoms. The van der Waals surface area contributed by atoms with Gasteiger partial charge in [0, 0.05) is 11.1 Å². The molecule has 0 radical (unpaired) electrons. The molecule has 20 heavy (non-hydrogen) atoms. The molecule has 3 rings (SSSR count). The minimum Gasteiger partial charge on any atom is -0.480 e. The van der Waals surface area contributed by atoms with E-state index in [0.29, 0.717) is 0 Å². The average molecular weight is 280 g/mol. The summed E-state index contributed by atoms with van der Waals surface area (Å²) in [7, 11) is 0. The van der Waals surface area contributed by atoms with Crippen LogP contribution in [0.25, 0.3) is 0 Å². The highest BCUT2D eigenvalue weighted by atomic mass is 32.1. The van der Waals surface area contributed by atoms with Gasteiger partial charge in [-0.05, 0) is 31.5 Å². The largest absolute Gasteiger partial charge is 0.480 e. The monoisotopic (exact) mass is 280 g/mol. The van der Waals surface area contributed by atoms with E-state index in [1.807, 2.05) is 31.2 Å². The molecule has 0 amide bonds. The fraction of sp³-hybridized carbons (Fsp3) is 0.167. The molecule has 0 fully saturated rings. The number of rotatable bonds is 1. The van der Waals surface area contributed by atoms with Crippen LogP contribution in [0.5, 0.6) is 5.75 Å². The highest BCUT2D eigenvalue weighted by Gasteiger charge is 2.29. The summed E-state index contributed by atoms with van der Waals surface area (Å²) in [6, 6.07) is 16.4. The second-order valence-electron chi connectivity index (χ2n) is 4.98. The predicted octanol–water partition coefficient (Wildman–Crippen LogP) is 4.79. The molecule has 2 aromatic carbocycles. The minimum atomic E-state index is -0.107. The lowest BCUT2D eigenvalue weighted by molar-refractivity contribution is 0.243. The van der Waals surface area contributed by atoms with Crippen molar-refractivity contribution in [2.24, 2.45) is 0 Å². The molecule has 1 aliphatic rings. The standard InChI is InChI=1S/C18H16OS/c1-3-14-17(13-7-5-4-6-8-13)19-16-10-9-12(2)11-15(16)18(14)20/h3-11,17H,1-2H3. The van der Waals surface area contributed by atoms with Crippen LogP contribution in [0.1, 0.15) is 29.7 Å². The Morgan fingerprint density at radius 3 is 2.55 bits per heavy atom. The normalized spacial score (nSPS) is 19.6. The number of benzene rings is 2. The summed E-state index contributed by atoms with van der Waals surface area (Å²) in [6.45, 7) is 4.09. The second kappa shape index (κ2) is 5.22. The Labute approximate surface area is 124 Å². The first-order chi connectivity index (χ1) is 9.70. The van der Waals surface area contributed by atoms with Gasteiger partial charge in [-0.15, -0.1) is 0 Å². The van der Waals surface area contributed by atoms with Crippen LogP contribution in [0.2, 0.25) is 0 Å². The molecule has 0 saturated carbocycles. The van der Waals surface area contributed by atoms with Crippen LogP contribution in [0.4, 0.5) is 0 Å². The van der Waals surface area contributed by atoms with Gasteiger partial charge < -0.3 is 4.74 Å². The van der Waals surface area contributed by atoms with Gasteiger partial charge in [-0.25, -0.2) is 0 Å². The summed E-state index contributed by atoms with van der Waals surface area (Å²) >= 11 is 5.67. The summed E-state index contributed by atoms with van der Waals surface area (Å²) in [5.41, 5.74) is 4.43. The van der Waals surface area contributed by atoms with Crippen molar-refractivity contribution in [2.45, 2.75) is 20.0 Å². The van der Waals surface area contributed by atoms with Crippen LogP contribution in [-0.4, -0.2) is 4.86 Å². The van der Waals surface area contributed by atoms with E-state index >= 15 is 0 Å². The van der Waals surface area contributed by atoms with Gasteiger partial charge in [0.05, 0.1) is 4.86 Å². The van der Waals surface area contributed by atoms with Crippen molar-refractivity contribution < 1.29 is 4.74 Å². The van der Waals surface area contributed by atoms with Crippen LogP contribution in [-0.2, 0) is 0 Å². The average Bonchev–Trinajstić information content (AvgIpc) is 2.48. The number of hydrogen-bond acceptors (Lipinski definition) is 2. The lowest BCUT2D eigenvalue weighted by Crippen LogP contribution is -2.23. The van der Waals surface area contributed by atoms with Crippen molar-refractivity contribution in [1.29, 1.82) is 0 Å². The SMILES string of the molecule is CC=C1C(=S)c2cc(C)ccc2OC1c1ccccc1. The third kappa shape index (κ3) is 2.16. The Balaban J connectivity index is 2.11. The van der Waals surface area contributed by atoms with Crippen LogP contribution >= 0.6 is 12.2 Å². The van der Waals surface area contributed by atoms with Crippen molar-refractivity contribution in [1.82, 2.24) is 0 Å². The summed E-state index contributed by atoms with van der Waals surface area (Å²) in [5, 5.41) is 0. The first kappa shape index (κ1) is 13.1.